The van der Waals surface area contributed by atoms with E-state index in [2.05, 4.69) is 4.98 Å². The van der Waals surface area contributed by atoms with Crippen LogP contribution in [-0.4, -0.2) is 23.5 Å². The Balaban J connectivity index is 2.14. The molecule has 1 amide bonds. The van der Waals surface area contributed by atoms with Crippen LogP contribution >= 0.6 is 0 Å². The maximum absolute atomic E-state index is 12.0. The molecule has 1 saturated heterocycles. The van der Waals surface area contributed by atoms with E-state index in [1.807, 2.05) is 18.2 Å². The van der Waals surface area contributed by atoms with Gasteiger partial charge in [0, 0.05) is 30.5 Å². The number of aromatic amines is 1. The molecule has 1 aromatic heterocycles. The van der Waals surface area contributed by atoms with Gasteiger partial charge in [0.1, 0.15) is 5.82 Å². The number of hydrogen-bond acceptors (Lipinski definition) is 3. The minimum atomic E-state index is -0.160. The zero-order valence-electron chi connectivity index (χ0n) is 9.72. The van der Waals surface area contributed by atoms with Gasteiger partial charge in [-0.25, -0.2) is 0 Å². The molecule has 0 radical (unpaired) electrons. The normalized spacial score (nSPS) is 19.7. The quantitative estimate of drug-likeness (QED) is 0.769. The van der Waals surface area contributed by atoms with Crippen molar-refractivity contribution in [3.8, 4) is 0 Å². The first-order valence-corrected chi connectivity index (χ1v) is 5.83. The number of nitrogens with one attached hydrogen (secondary N) is 1. The number of amides is 1. The fourth-order valence-corrected chi connectivity index (χ4v) is 2.30. The van der Waals surface area contributed by atoms with Gasteiger partial charge in [0.25, 0.3) is 0 Å². The number of H-pyrrole nitrogens is 1. The van der Waals surface area contributed by atoms with Crippen LogP contribution in [0.4, 0.5) is 5.82 Å². The number of benzene rings is 1. The molecule has 1 atom stereocenters. The van der Waals surface area contributed by atoms with Crippen LogP contribution in [0.5, 0.6) is 0 Å². The molecule has 92 valence electrons. The van der Waals surface area contributed by atoms with Gasteiger partial charge >= 0.3 is 0 Å². The number of pyridine rings is 1. The number of fused-ring (bicyclic) bond motifs is 1. The number of anilines is 1. The number of para-hydroxylation sites is 1. The number of hydrogen-bond donors (Lipinski definition) is 2. The molecule has 0 saturated carbocycles. The molecule has 2 heterocycles. The summed E-state index contributed by atoms with van der Waals surface area (Å²) in [6.45, 7) is 0.452. The van der Waals surface area contributed by atoms with E-state index in [4.69, 9.17) is 5.73 Å². The van der Waals surface area contributed by atoms with E-state index >= 15 is 0 Å². The molecule has 1 unspecified atom stereocenters. The molecule has 3 N–H and O–H groups in total. The summed E-state index contributed by atoms with van der Waals surface area (Å²) >= 11 is 0. The first-order valence-electron chi connectivity index (χ1n) is 5.83. The van der Waals surface area contributed by atoms with Gasteiger partial charge in [-0.3, -0.25) is 14.5 Å². The number of nitrogens with zero attached hydrogens (tertiary/aromatic N) is 1. The van der Waals surface area contributed by atoms with Gasteiger partial charge in [0.05, 0.1) is 5.52 Å². The van der Waals surface area contributed by atoms with Gasteiger partial charge < -0.3 is 10.7 Å². The van der Waals surface area contributed by atoms with E-state index in [1.54, 1.807) is 11.0 Å². The molecule has 0 aliphatic carbocycles. The summed E-state index contributed by atoms with van der Waals surface area (Å²) in [5.74, 6) is 0.477. The first-order chi connectivity index (χ1) is 8.65. The summed E-state index contributed by atoms with van der Waals surface area (Å²) in [6.07, 6.45) is 0.328. The molecule has 18 heavy (non-hydrogen) atoms. The van der Waals surface area contributed by atoms with E-state index in [1.165, 1.54) is 6.07 Å². The SMILES string of the molecule is NC1CC(=O)N(c2cc(=O)c3ccccc3[nH]2)C1. The van der Waals surface area contributed by atoms with E-state index in [0.29, 0.717) is 24.2 Å². The van der Waals surface area contributed by atoms with E-state index in [-0.39, 0.29) is 17.4 Å². The monoisotopic (exact) mass is 243 g/mol. The lowest BCUT2D eigenvalue weighted by Gasteiger charge is -2.16. The van der Waals surface area contributed by atoms with Crippen LogP contribution in [0, 0.1) is 0 Å². The molecule has 0 spiro atoms. The zero-order valence-corrected chi connectivity index (χ0v) is 9.72. The van der Waals surface area contributed by atoms with Gasteiger partial charge in [-0.05, 0) is 12.1 Å². The van der Waals surface area contributed by atoms with Crippen molar-refractivity contribution in [1.29, 1.82) is 0 Å². The predicted octanol–water partition coefficient (Wildman–Crippen LogP) is 0.592. The molecule has 2 aromatic rings. The highest BCUT2D eigenvalue weighted by molar-refractivity contribution is 5.96. The van der Waals surface area contributed by atoms with E-state index < -0.39 is 0 Å². The van der Waals surface area contributed by atoms with Crippen molar-refractivity contribution in [2.45, 2.75) is 12.5 Å². The van der Waals surface area contributed by atoms with Crippen LogP contribution in [0.3, 0.4) is 0 Å². The van der Waals surface area contributed by atoms with Gasteiger partial charge in [-0.2, -0.15) is 0 Å². The number of rotatable bonds is 1. The summed E-state index contributed by atoms with van der Waals surface area (Å²) in [4.78, 5) is 28.4. The van der Waals surface area contributed by atoms with Crippen LogP contribution in [0.1, 0.15) is 6.42 Å². The van der Waals surface area contributed by atoms with Gasteiger partial charge in [0.15, 0.2) is 5.43 Å². The lowest BCUT2D eigenvalue weighted by atomic mass is 10.2. The molecule has 1 fully saturated rings. The Morgan fingerprint density at radius 2 is 2.06 bits per heavy atom. The van der Waals surface area contributed by atoms with Gasteiger partial charge in [0.2, 0.25) is 5.91 Å². The molecule has 5 nitrogen and oxygen atoms in total. The Morgan fingerprint density at radius 1 is 1.28 bits per heavy atom. The third-order valence-corrected chi connectivity index (χ3v) is 3.17. The largest absolute Gasteiger partial charge is 0.341 e. The molecule has 1 aliphatic rings. The third-order valence-electron chi connectivity index (χ3n) is 3.17. The lowest BCUT2D eigenvalue weighted by Crippen LogP contribution is -2.29. The summed E-state index contributed by atoms with van der Waals surface area (Å²) in [7, 11) is 0. The Hall–Kier alpha value is -2.14. The van der Waals surface area contributed by atoms with Crippen molar-refractivity contribution >= 4 is 22.6 Å². The van der Waals surface area contributed by atoms with Crippen LogP contribution in [0.15, 0.2) is 35.1 Å². The molecule has 1 aromatic carbocycles. The molecule has 5 heteroatoms. The lowest BCUT2D eigenvalue weighted by molar-refractivity contribution is -0.117. The molecular formula is C13H13N3O2. The summed E-state index contributed by atoms with van der Waals surface area (Å²) in [6, 6.07) is 8.54. The minimum absolute atomic E-state index is 0.0477. The highest BCUT2D eigenvalue weighted by Gasteiger charge is 2.28. The van der Waals surface area contributed by atoms with Crippen LogP contribution < -0.4 is 16.1 Å². The predicted molar refractivity (Wildman–Crippen MR) is 69.5 cm³/mol. The summed E-state index contributed by atoms with van der Waals surface area (Å²) < 4.78 is 0. The first kappa shape index (κ1) is 11.0. The van der Waals surface area contributed by atoms with E-state index in [9.17, 15) is 9.59 Å². The van der Waals surface area contributed by atoms with Crippen LogP contribution in [0.2, 0.25) is 0 Å². The summed E-state index contributed by atoms with van der Waals surface area (Å²) in [5, 5.41) is 0.622. The number of carbonyl (C=O) groups is 1. The fourth-order valence-electron chi connectivity index (χ4n) is 2.30. The summed E-state index contributed by atoms with van der Waals surface area (Å²) in [5.41, 5.74) is 6.39. The molecular weight excluding hydrogens is 230 g/mol. The molecule has 1 aliphatic heterocycles. The smallest absolute Gasteiger partial charge is 0.229 e. The average molecular weight is 243 g/mol. The van der Waals surface area contributed by atoms with Crippen LogP contribution in [0.25, 0.3) is 10.9 Å². The highest BCUT2D eigenvalue weighted by Crippen LogP contribution is 2.19. The Bertz CT molecular complexity index is 677. The minimum Gasteiger partial charge on any atom is -0.341 e. The second-order valence-corrected chi connectivity index (χ2v) is 4.53. The van der Waals surface area contributed by atoms with Gasteiger partial charge in [-0.15, -0.1) is 0 Å². The molecule has 0 bridgehead atoms. The second-order valence-electron chi connectivity index (χ2n) is 4.53. The average Bonchev–Trinajstić information content (AvgIpc) is 2.68. The number of nitrogens with two attached hydrogens (primary N) is 1. The van der Waals surface area contributed by atoms with Crippen molar-refractivity contribution < 1.29 is 4.79 Å². The van der Waals surface area contributed by atoms with Crippen molar-refractivity contribution in [3.05, 3.63) is 40.6 Å². The standard InChI is InChI=1S/C13H13N3O2/c14-8-5-13(18)16(7-8)12-6-11(17)9-3-1-2-4-10(9)15-12/h1-4,6,8H,5,7,14H2,(H,15,17). The van der Waals surface area contributed by atoms with Crippen molar-refractivity contribution in [3.63, 3.8) is 0 Å². The van der Waals surface area contributed by atoms with Crippen molar-refractivity contribution in [2.24, 2.45) is 5.73 Å². The van der Waals surface area contributed by atoms with Crippen molar-refractivity contribution in [2.75, 3.05) is 11.4 Å². The fraction of sp³-hybridized carbons (Fsp3) is 0.231. The van der Waals surface area contributed by atoms with Gasteiger partial charge in [-0.1, -0.05) is 12.1 Å². The highest BCUT2D eigenvalue weighted by atomic mass is 16.2. The maximum atomic E-state index is 12.0. The Morgan fingerprint density at radius 3 is 2.78 bits per heavy atom. The zero-order chi connectivity index (χ0) is 12.7. The molecule has 3 rings (SSSR count). The van der Waals surface area contributed by atoms with Crippen LogP contribution in [-0.2, 0) is 4.79 Å². The number of carbonyl (C=O) groups excluding carboxylic acids is 1. The van der Waals surface area contributed by atoms with Crippen molar-refractivity contribution in [1.82, 2.24) is 4.98 Å². The third kappa shape index (κ3) is 1.69. The Labute approximate surface area is 103 Å². The number of aromatic nitrogens is 1. The van der Waals surface area contributed by atoms with E-state index in [0.717, 1.165) is 5.52 Å². The second kappa shape index (κ2) is 3.96. The topological polar surface area (TPSA) is 79.2 Å². The maximum Gasteiger partial charge on any atom is 0.229 e. The Kier molecular flexibility index (Phi) is 2.41.